The van der Waals surface area contributed by atoms with Crippen LogP contribution in [0.25, 0.3) is 0 Å². The summed E-state index contributed by atoms with van der Waals surface area (Å²) in [5.74, 6) is 1.90. The second-order valence-corrected chi connectivity index (χ2v) is 8.48. The van der Waals surface area contributed by atoms with Gasteiger partial charge < -0.3 is 15.0 Å². The highest BCUT2D eigenvalue weighted by Crippen LogP contribution is 2.50. The van der Waals surface area contributed by atoms with Crippen LogP contribution in [0.15, 0.2) is 84.9 Å². The van der Waals surface area contributed by atoms with E-state index >= 15 is 0 Å². The van der Waals surface area contributed by atoms with E-state index in [0.717, 1.165) is 12.2 Å². The first kappa shape index (κ1) is 18.8. The fraction of sp³-hybridized carbons (Fsp3) is 0.259. The van der Waals surface area contributed by atoms with Crippen LogP contribution in [0.5, 0.6) is 5.75 Å². The van der Waals surface area contributed by atoms with Crippen molar-refractivity contribution in [2.24, 2.45) is 5.92 Å². The zero-order valence-corrected chi connectivity index (χ0v) is 17.6. The Morgan fingerprint density at radius 3 is 2.53 bits per heavy atom. The van der Waals surface area contributed by atoms with Gasteiger partial charge >= 0.3 is 0 Å². The van der Waals surface area contributed by atoms with Crippen molar-refractivity contribution in [3.8, 4) is 5.75 Å². The van der Waals surface area contributed by atoms with E-state index in [-0.39, 0.29) is 0 Å². The molecule has 0 fully saturated rings. The third kappa shape index (κ3) is 3.56. The lowest BCUT2D eigenvalue weighted by molar-refractivity contribution is 0.305. The first-order chi connectivity index (χ1) is 14.7. The zero-order valence-electron chi connectivity index (χ0n) is 17.6. The summed E-state index contributed by atoms with van der Waals surface area (Å²) in [6, 6.07) is 26.1. The highest BCUT2D eigenvalue weighted by atomic mass is 16.5. The molecule has 0 saturated carbocycles. The summed E-state index contributed by atoms with van der Waals surface area (Å²) in [4.78, 5) is 2.14. The summed E-state index contributed by atoms with van der Waals surface area (Å²) in [6.07, 6.45) is 5.82. The molecule has 0 radical (unpaired) electrons. The van der Waals surface area contributed by atoms with Crippen LogP contribution in [0.4, 0.5) is 11.4 Å². The summed E-state index contributed by atoms with van der Waals surface area (Å²) in [5, 5.41) is 3.83. The Morgan fingerprint density at radius 1 is 0.967 bits per heavy atom. The summed E-state index contributed by atoms with van der Waals surface area (Å²) in [6.45, 7) is 0.595. The predicted molar refractivity (Wildman–Crippen MR) is 124 cm³/mol. The Balaban J connectivity index is 1.39. The molecule has 152 valence electrons. The van der Waals surface area contributed by atoms with Crippen LogP contribution < -0.4 is 15.0 Å². The number of nitrogens with zero attached hydrogens (tertiary/aromatic N) is 1. The molecule has 5 rings (SSSR count). The molecule has 0 spiro atoms. The Morgan fingerprint density at radius 2 is 1.77 bits per heavy atom. The highest BCUT2D eigenvalue weighted by molar-refractivity contribution is 5.62. The van der Waals surface area contributed by atoms with Crippen molar-refractivity contribution in [2.75, 3.05) is 24.3 Å². The zero-order chi connectivity index (χ0) is 20.5. The fourth-order valence-corrected chi connectivity index (χ4v) is 4.71. The van der Waals surface area contributed by atoms with Gasteiger partial charge in [-0.1, -0.05) is 54.6 Å². The summed E-state index contributed by atoms with van der Waals surface area (Å²) in [5.41, 5.74) is 6.34. The molecule has 3 nitrogen and oxygen atoms in total. The molecule has 3 aromatic rings. The number of benzene rings is 3. The maximum Gasteiger partial charge on any atom is 0.120 e. The van der Waals surface area contributed by atoms with Crippen LogP contribution in [0.2, 0.25) is 0 Å². The molecule has 1 N–H and O–H groups in total. The van der Waals surface area contributed by atoms with Gasteiger partial charge in [0.2, 0.25) is 0 Å². The normalized spacial score (nSPS) is 21.5. The van der Waals surface area contributed by atoms with E-state index in [9.17, 15) is 0 Å². The molecular weight excluding hydrogens is 368 g/mol. The topological polar surface area (TPSA) is 24.5 Å². The number of rotatable bonds is 5. The number of ether oxygens (including phenoxy) is 1. The monoisotopic (exact) mass is 396 g/mol. The molecule has 30 heavy (non-hydrogen) atoms. The summed E-state index contributed by atoms with van der Waals surface area (Å²) in [7, 11) is 4.16. The van der Waals surface area contributed by atoms with Gasteiger partial charge in [-0.05, 0) is 59.4 Å². The van der Waals surface area contributed by atoms with E-state index in [2.05, 4.69) is 103 Å². The van der Waals surface area contributed by atoms with Gasteiger partial charge in [-0.2, -0.15) is 0 Å². The molecular formula is C27H28N2O. The van der Waals surface area contributed by atoms with Gasteiger partial charge in [-0.15, -0.1) is 0 Å². The van der Waals surface area contributed by atoms with E-state index in [1.807, 2.05) is 6.07 Å². The van der Waals surface area contributed by atoms with E-state index in [1.165, 1.54) is 28.1 Å². The maximum atomic E-state index is 6.10. The van der Waals surface area contributed by atoms with E-state index in [0.29, 0.717) is 24.5 Å². The molecule has 3 unspecified atom stereocenters. The van der Waals surface area contributed by atoms with Gasteiger partial charge in [0, 0.05) is 31.4 Å². The number of fused-ring (bicyclic) bond motifs is 3. The molecule has 3 atom stereocenters. The van der Waals surface area contributed by atoms with Gasteiger partial charge in [0.25, 0.3) is 0 Å². The second-order valence-electron chi connectivity index (χ2n) is 8.48. The fourth-order valence-electron chi connectivity index (χ4n) is 4.71. The molecule has 3 aromatic carbocycles. The number of hydrogen-bond acceptors (Lipinski definition) is 3. The Bertz CT molecular complexity index is 1040. The molecule has 1 aliphatic carbocycles. The minimum absolute atomic E-state index is 0.324. The Kier molecular flexibility index (Phi) is 4.96. The highest BCUT2D eigenvalue weighted by Gasteiger charge is 2.38. The SMILES string of the molecule is CN(C)c1ccc(C2Nc3ccc(OCc4ccccc4)cc3C3C=CCC32)cc1. The number of nitrogens with one attached hydrogen (secondary N) is 1. The molecule has 2 aliphatic rings. The van der Waals surface area contributed by atoms with Crippen LogP contribution in [0.3, 0.4) is 0 Å². The maximum absolute atomic E-state index is 6.10. The average molecular weight is 397 g/mol. The van der Waals surface area contributed by atoms with E-state index in [1.54, 1.807) is 0 Å². The Labute approximate surface area is 179 Å². The molecule has 0 amide bonds. The summed E-state index contributed by atoms with van der Waals surface area (Å²) >= 11 is 0. The van der Waals surface area contributed by atoms with Crippen molar-refractivity contribution in [1.82, 2.24) is 0 Å². The lowest BCUT2D eigenvalue weighted by atomic mass is 9.77. The lowest BCUT2D eigenvalue weighted by Gasteiger charge is -2.37. The number of allylic oxidation sites excluding steroid dienone is 2. The smallest absolute Gasteiger partial charge is 0.120 e. The Hall–Kier alpha value is -3.20. The number of anilines is 2. The largest absolute Gasteiger partial charge is 0.489 e. The van der Waals surface area contributed by atoms with Crippen molar-refractivity contribution < 1.29 is 4.74 Å². The molecule has 1 heterocycles. The minimum atomic E-state index is 0.324. The van der Waals surface area contributed by atoms with Crippen LogP contribution in [0, 0.1) is 5.92 Å². The third-order valence-electron chi connectivity index (χ3n) is 6.35. The van der Waals surface area contributed by atoms with Crippen molar-refractivity contribution in [3.05, 3.63) is 102 Å². The van der Waals surface area contributed by atoms with Crippen molar-refractivity contribution in [1.29, 1.82) is 0 Å². The lowest BCUT2D eigenvalue weighted by Crippen LogP contribution is -2.29. The van der Waals surface area contributed by atoms with Gasteiger partial charge in [0.1, 0.15) is 12.4 Å². The molecule has 0 bridgehead atoms. The minimum Gasteiger partial charge on any atom is -0.489 e. The van der Waals surface area contributed by atoms with Crippen LogP contribution in [0.1, 0.15) is 35.1 Å². The predicted octanol–water partition coefficient (Wildman–Crippen LogP) is 6.16. The molecule has 1 aliphatic heterocycles. The van der Waals surface area contributed by atoms with Gasteiger partial charge in [-0.25, -0.2) is 0 Å². The number of hydrogen-bond donors (Lipinski definition) is 1. The van der Waals surface area contributed by atoms with Gasteiger partial charge in [0.15, 0.2) is 0 Å². The quantitative estimate of drug-likeness (QED) is 0.523. The van der Waals surface area contributed by atoms with Crippen molar-refractivity contribution >= 4 is 11.4 Å². The first-order valence-corrected chi connectivity index (χ1v) is 10.7. The first-order valence-electron chi connectivity index (χ1n) is 10.7. The van der Waals surface area contributed by atoms with E-state index < -0.39 is 0 Å². The van der Waals surface area contributed by atoms with Crippen molar-refractivity contribution in [3.63, 3.8) is 0 Å². The van der Waals surface area contributed by atoms with Crippen LogP contribution in [-0.4, -0.2) is 14.1 Å². The van der Waals surface area contributed by atoms with Crippen LogP contribution in [-0.2, 0) is 6.61 Å². The molecule has 0 saturated heterocycles. The van der Waals surface area contributed by atoms with Gasteiger partial charge in [0.05, 0.1) is 6.04 Å². The molecule has 0 aromatic heterocycles. The standard InChI is InChI=1S/C27H28N2O/c1-29(2)21-13-11-20(12-14-21)27-24-10-6-9-23(24)25-17-22(15-16-26(25)28-27)30-18-19-7-4-3-5-8-19/h3-9,11-17,23-24,27-28H,10,18H2,1-2H3. The van der Waals surface area contributed by atoms with Crippen LogP contribution >= 0.6 is 0 Å². The third-order valence-corrected chi connectivity index (χ3v) is 6.35. The average Bonchev–Trinajstić information content (AvgIpc) is 3.28. The second kappa shape index (κ2) is 7.91. The van der Waals surface area contributed by atoms with Crippen molar-refractivity contribution in [2.45, 2.75) is 25.0 Å². The van der Waals surface area contributed by atoms with Gasteiger partial charge in [-0.3, -0.25) is 0 Å². The summed E-state index contributed by atoms with van der Waals surface area (Å²) < 4.78 is 6.10. The molecule has 3 heteroatoms. The van der Waals surface area contributed by atoms with E-state index in [4.69, 9.17) is 4.74 Å².